The van der Waals surface area contributed by atoms with Crippen LogP contribution in [0.25, 0.3) is 39.3 Å². The Morgan fingerprint density at radius 1 is 0.711 bits per heavy atom. The highest BCUT2D eigenvalue weighted by atomic mass is 16.4. The van der Waals surface area contributed by atoms with Crippen molar-refractivity contribution in [3.63, 3.8) is 0 Å². The number of nitrogens with one attached hydrogen (secondary N) is 5. The van der Waals surface area contributed by atoms with Gasteiger partial charge in [-0.1, -0.05) is 26.5 Å². The van der Waals surface area contributed by atoms with Crippen molar-refractivity contribution < 1.29 is 59.7 Å². The molecule has 0 radical (unpaired) electrons. The summed E-state index contributed by atoms with van der Waals surface area (Å²) < 4.78 is 0. The number of aliphatic hydroxyl groups is 2. The largest absolute Gasteiger partial charge is 0.507 e. The smallest absolute Gasteiger partial charge is 0.338 e. The predicted octanol–water partition coefficient (Wildman–Crippen LogP) is 7.97. The summed E-state index contributed by atoms with van der Waals surface area (Å²) in [5, 5.41) is 77.6. The number of allylic oxidation sites excluding steroid dienone is 1. The number of hydrogen-bond acceptors (Lipinski definition) is 14. The number of aliphatic carboxylic acids is 3. The minimum atomic E-state index is -1.23. The summed E-state index contributed by atoms with van der Waals surface area (Å²) in [5.41, 5.74) is 10.0. The predicted molar refractivity (Wildman–Crippen MR) is 290 cm³/mol. The van der Waals surface area contributed by atoms with Crippen molar-refractivity contribution in [2.45, 2.75) is 91.4 Å². The normalized spacial score (nSPS) is 14.7. The number of unbranched alkanes of at least 4 members (excludes halogenated alkanes) is 2. The molecule has 5 aromatic rings. The fourth-order valence-corrected chi connectivity index (χ4v) is 10.3. The number of aromatic hydroxyl groups is 2. The Morgan fingerprint density at radius 2 is 1.34 bits per heavy atom. The third-order valence-corrected chi connectivity index (χ3v) is 14.3. The second-order valence-corrected chi connectivity index (χ2v) is 19.0. The average Bonchev–Trinajstić information content (AvgIpc) is 4.08. The first kappa shape index (κ1) is 55.6. The highest BCUT2D eigenvalue weighted by Gasteiger charge is 2.39. The van der Waals surface area contributed by atoms with E-state index in [4.69, 9.17) is 20.2 Å². The number of H-pyrrole nitrogens is 2. The number of aryl methyl sites for hydroxylation is 3. The van der Waals surface area contributed by atoms with Gasteiger partial charge >= 0.3 is 17.9 Å². The lowest BCUT2D eigenvalue weighted by Crippen LogP contribution is -2.27. The first-order valence-electron chi connectivity index (χ1n) is 25.3. The molecule has 0 saturated heterocycles. The number of phenols is 2. The van der Waals surface area contributed by atoms with E-state index in [0.29, 0.717) is 73.1 Å². The van der Waals surface area contributed by atoms with Crippen LogP contribution in [0.3, 0.4) is 0 Å². The highest BCUT2D eigenvalue weighted by Crippen LogP contribution is 2.45. The van der Waals surface area contributed by atoms with E-state index < -0.39 is 41.8 Å². The van der Waals surface area contributed by atoms with E-state index >= 15 is 0 Å². The van der Waals surface area contributed by atoms with Crippen molar-refractivity contribution in [2.24, 2.45) is 0 Å². The minimum absolute atomic E-state index is 0.0145. The van der Waals surface area contributed by atoms with Gasteiger partial charge in [-0.3, -0.25) is 24.2 Å². The number of carboxylic acid groups (broad SMARTS) is 3. The lowest BCUT2D eigenvalue weighted by molar-refractivity contribution is -0.138. The lowest BCUT2D eigenvalue weighted by Gasteiger charge is -2.25. The number of rotatable bonds is 20. The molecule has 76 heavy (non-hydrogen) atoms. The molecule has 5 heterocycles. The zero-order valence-corrected chi connectivity index (χ0v) is 43.2. The van der Waals surface area contributed by atoms with Crippen LogP contribution in [-0.2, 0) is 27.2 Å². The molecule has 12 N–H and O–H groups in total. The second-order valence-electron chi connectivity index (χ2n) is 19.0. The van der Waals surface area contributed by atoms with Gasteiger partial charge in [0.1, 0.15) is 11.5 Å². The summed E-state index contributed by atoms with van der Waals surface area (Å²) in [7, 11) is 0. The molecule has 2 aliphatic heterocycles. The number of aliphatic hydroxyl groups excluding tert-OH is 2. The van der Waals surface area contributed by atoms with Crippen LogP contribution in [0.2, 0.25) is 0 Å². The molecule has 8 bridgehead atoms. The van der Waals surface area contributed by atoms with Crippen molar-refractivity contribution >= 4 is 80.1 Å². The zero-order valence-electron chi connectivity index (χ0n) is 43.2. The van der Waals surface area contributed by atoms with Gasteiger partial charge in [0, 0.05) is 101 Å². The van der Waals surface area contributed by atoms with E-state index in [2.05, 4.69) is 32.5 Å². The van der Waals surface area contributed by atoms with Crippen LogP contribution in [0.5, 0.6) is 11.5 Å². The van der Waals surface area contributed by atoms with Crippen LogP contribution in [0.1, 0.15) is 147 Å². The van der Waals surface area contributed by atoms with Crippen LogP contribution >= 0.6 is 0 Å². The van der Waals surface area contributed by atoms with E-state index in [9.17, 15) is 49.5 Å². The van der Waals surface area contributed by atoms with Crippen LogP contribution in [0, 0.1) is 13.8 Å². The molecular weight excluding hydrogens is 975 g/mol. The number of hydrogen-bond donors (Lipinski definition) is 12. The van der Waals surface area contributed by atoms with Crippen LogP contribution in [0.4, 0.5) is 11.4 Å². The number of benzene rings is 2. The summed E-state index contributed by atoms with van der Waals surface area (Å²) in [5.74, 6) is -5.93. The van der Waals surface area contributed by atoms with Gasteiger partial charge in [0.25, 0.3) is 0 Å². The number of fused-ring (bicyclic) bond motifs is 10. The quantitative estimate of drug-likeness (QED) is 0.0255. The molecule has 2 aromatic carbocycles. The molecule has 0 spiro atoms. The number of carbonyl (C=O) groups is 5. The van der Waals surface area contributed by atoms with Gasteiger partial charge in [0.2, 0.25) is 11.6 Å². The van der Waals surface area contributed by atoms with Gasteiger partial charge in [0.15, 0.2) is 0 Å². The van der Waals surface area contributed by atoms with Gasteiger partial charge in [-0.05, 0) is 118 Å². The third-order valence-electron chi connectivity index (χ3n) is 14.3. The maximum Gasteiger partial charge on any atom is 0.338 e. The molecule has 3 aliphatic rings. The van der Waals surface area contributed by atoms with Crippen LogP contribution < -0.4 is 16.0 Å². The number of carbonyl (C=O) groups excluding carboxylic acids is 2. The van der Waals surface area contributed by atoms with Crippen molar-refractivity contribution in [1.82, 2.24) is 25.3 Å². The Balaban J connectivity index is 0.000000233. The number of phenolic OH excluding ortho intramolecular Hbond substituents is 2. The van der Waals surface area contributed by atoms with Crippen molar-refractivity contribution in [3.8, 4) is 11.5 Å². The van der Waals surface area contributed by atoms with Gasteiger partial charge < -0.3 is 61.7 Å². The Bertz CT molecular complexity index is 3270. The van der Waals surface area contributed by atoms with Crippen molar-refractivity contribution in [1.29, 1.82) is 0 Å². The monoisotopic (exact) mass is 1040 g/mol. The lowest BCUT2D eigenvalue weighted by atomic mass is 9.81. The summed E-state index contributed by atoms with van der Waals surface area (Å²) in [6, 6.07) is 11.6. The zero-order chi connectivity index (χ0) is 55.1. The highest BCUT2D eigenvalue weighted by molar-refractivity contribution is 6.33. The number of anilines is 2. The van der Waals surface area contributed by atoms with Crippen LogP contribution in [0.15, 0.2) is 49.0 Å². The Morgan fingerprint density at radius 3 is 1.92 bits per heavy atom. The molecule has 0 fully saturated rings. The number of carboxylic acids is 3. The Kier molecular flexibility index (Phi) is 17.6. The minimum Gasteiger partial charge on any atom is -0.507 e. The molecular formula is C57H65N7O12. The number of aromatic nitrogens is 4. The van der Waals surface area contributed by atoms with Gasteiger partial charge in [0.05, 0.1) is 57.9 Å². The number of nitrogens with zero attached hydrogens (tertiary/aromatic N) is 2. The fraction of sp³-hybridized carbons (Fsp3) is 0.351. The first-order chi connectivity index (χ1) is 36.4. The van der Waals surface area contributed by atoms with Crippen LogP contribution in [-0.4, -0.2) is 125 Å². The van der Waals surface area contributed by atoms with E-state index in [-0.39, 0.29) is 82.6 Å². The molecule has 19 nitrogen and oxygen atoms in total. The number of aromatic amines is 2. The molecule has 2 atom stereocenters. The third kappa shape index (κ3) is 11.3. The van der Waals surface area contributed by atoms with E-state index in [1.807, 2.05) is 45.9 Å². The molecule has 0 amide bonds. The Labute approximate surface area is 438 Å². The van der Waals surface area contributed by atoms with Crippen molar-refractivity contribution in [2.75, 3.05) is 50.0 Å². The summed E-state index contributed by atoms with van der Waals surface area (Å²) >= 11 is 0. The number of ketones is 2. The molecule has 0 unspecified atom stereocenters. The fourth-order valence-electron chi connectivity index (χ4n) is 10.3. The standard InChI is InChI=1S/C34H36N4O6.C23H29N3O6/c1-7-19-15(3)23-12-25-17(5)21(9-10-29(39)40)32(37-25)22(11-30(41)42)33-31(34(43)44)18(6)26(38-33)14-28-20(8-2)16(4)24(36-28)13-27(19)35-23;27-12-3-1-2-8-25-14-4-5-15(26-10-9-24-11-13-28)19-18(14)22(31)20-16(29)6-7-17(30)21(20)23(19)32/h7,12-14,17,21,35-36H,1,8-11H2,2-6H3,(H,39,40)(H,41,42)(H,43,44);4-7,24-30H,1-3,8-13H2/t17-,21-;/m0./s1. The van der Waals surface area contributed by atoms with E-state index in [0.717, 1.165) is 57.2 Å². The summed E-state index contributed by atoms with van der Waals surface area (Å²) in [6.45, 7) is 15.8. The Hall–Kier alpha value is -8.13. The van der Waals surface area contributed by atoms with Gasteiger partial charge in [-0.15, -0.1) is 0 Å². The second kappa shape index (κ2) is 24.0. The molecule has 400 valence electrons. The molecule has 19 heteroatoms. The maximum atomic E-state index is 13.4. The first-order valence-corrected chi connectivity index (χ1v) is 25.3. The van der Waals surface area contributed by atoms with Gasteiger partial charge in [-0.2, -0.15) is 0 Å². The SMILES string of the molecule is C=Cc1c(C)c2cc3nc(c(CC(=O)O)c4nc(cc5[nH]c(cc1[nH]2)c(C)c5CC)C(C)=C4C(=O)O)[C@@H](CCC(=O)O)[C@@H]3C.O=C1c2c(O)ccc(O)c2C(=O)c2c(NCCNCCO)ccc(NCCCCCO)c21. The topological polar surface area (TPSA) is 320 Å². The van der Waals surface area contributed by atoms with Gasteiger partial charge in [-0.25, -0.2) is 9.78 Å². The summed E-state index contributed by atoms with van der Waals surface area (Å²) in [4.78, 5) is 80.0. The van der Waals surface area contributed by atoms with Crippen molar-refractivity contribution in [3.05, 3.63) is 122 Å². The summed E-state index contributed by atoms with van der Waals surface area (Å²) in [6.07, 6.45) is 4.31. The van der Waals surface area contributed by atoms with E-state index in [1.54, 1.807) is 25.1 Å². The molecule has 1 aliphatic carbocycles. The molecule has 8 rings (SSSR count). The maximum absolute atomic E-state index is 13.4. The average molecular weight is 1040 g/mol. The molecule has 3 aromatic heterocycles. The van der Waals surface area contributed by atoms with E-state index in [1.165, 1.54) is 12.1 Å². The molecule has 0 saturated carbocycles.